The highest BCUT2D eigenvalue weighted by atomic mass is 35.5. The van der Waals surface area contributed by atoms with Crippen LogP contribution in [0.1, 0.15) is 22.4 Å². The summed E-state index contributed by atoms with van der Waals surface area (Å²) in [5, 5.41) is 1.59. The molecule has 7 heteroatoms. The zero-order chi connectivity index (χ0) is 23.7. The van der Waals surface area contributed by atoms with E-state index in [0.717, 1.165) is 53.2 Å². The lowest BCUT2D eigenvalue weighted by atomic mass is 9.98. The van der Waals surface area contributed by atoms with E-state index < -0.39 is 0 Å². The Hall–Kier alpha value is -3.35. The maximum absolute atomic E-state index is 13.6. The lowest BCUT2D eigenvalue weighted by Gasteiger charge is -2.29. The van der Waals surface area contributed by atoms with Crippen LogP contribution in [-0.2, 0) is 26.1 Å². The summed E-state index contributed by atoms with van der Waals surface area (Å²) in [5.41, 5.74) is 4.84. The molecule has 6 nitrogen and oxygen atoms in total. The molecule has 0 saturated heterocycles. The predicted molar refractivity (Wildman–Crippen MR) is 134 cm³/mol. The highest BCUT2D eigenvalue weighted by Gasteiger charge is 2.21. The Morgan fingerprint density at radius 2 is 1.76 bits per heavy atom. The van der Waals surface area contributed by atoms with Crippen LogP contribution in [0.5, 0.6) is 11.5 Å². The summed E-state index contributed by atoms with van der Waals surface area (Å²) in [6, 6.07) is 17.5. The van der Waals surface area contributed by atoms with Gasteiger partial charge in [-0.05, 0) is 65.4 Å². The summed E-state index contributed by atoms with van der Waals surface area (Å²) < 4.78 is 12.7. The second-order valence-corrected chi connectivity index (χ2v) is 8.96. The Morgan fingerprint density at radius 1 is 0.971 bits per heavy atom. The van der Waals surface area contributed by atoms with Gasteiger partial charge in [0.15, 0.2) is 11.5 Å². The molecule has 0 atom stereocenters. The van der Waals surface area contributed by atoms with Crippen molar-refractivity contribution in [3.63, 3.8) is 0 Å². The fourth-order valence-corrected chi connectivity index (χ4v) is 4.81. The second kappa shape index (κ2) is 9.49. The monoisotopic (exact) mass is 475 g/mol. The van der Waals surface area contributed by atoms with Gasteiger partial charge in [-0.3, -0.25) is 14.7 Å². The lowest BCUT2D eigenvalue weighted by molar-refractivity contribution is 0.243. The van der Waals surface area contributed by atoms with Crippen molar-refractivity contribution in [1.29, 1.82) is 0 Å². The van der Waals surface area contributed by atoms with Gasteiger partial charge >= 0.3 is 0 Å². The maximum atomic E-state index is 13.6. The maximum Gasteiger partial charge on any atom is 0.255 e. The third-order valence-electron chi connectivity index (χ3n) is 6.37. The van der Waals surface area contributed by atoms with E-state index in [4.69, 9.17) is 21.1 Å². The Balaban J connectivity index is 1.49. The molecule has 0 saturated carbocycles. The van der Waals surface area contributed by atoms with Crippen LogP contribution in [0, 0.1) is 0 Å². The summed E-state index contributed by atoms with van der Waals surface area (Å²) >= 11 is 6.28. The molecule has 0 bridgehead atoms. The molecule has 0 fully saturated rings. The molecule has 1 aliphatic rings. The minimum absolute atomic E-state index is 0.0153. The molecule has 1 aliphatic heterocycles. The predicted octanol–water partition coefficient (Wildman–Crippen LogP) is 4.67. The van der Waals surface area contributed by atoms with Crippen LogP contribution in [0.2, 0.25) is 5.02 Å². The molecule has 4 aromatic rings. The van der Waals surface area contributed by atoms with Gasteiger partial charge in [-0.25, -0.2) is 0 Å². The minimum Gasteiger partial charge on any atom is -0.493 e. The zero-order valence-electron chi connectivity index (χ0n) is 19.3. The fourth-order valence-electron chi connectivity index (χ4n) is 4.65. The van der Waals surface area contributed by atoms with Gasteiger partial charge in [0.2, 0.25) is 0 Å². The Labute approximate surface area is 203 Å². The van der Waals surface area contributed by atoms with E-state index in [1.165, 1.54) is 11.1 Å². The van der Waals surface area contributed by atoms with Gasteiger partial charge in [0.05, 0.1) is 32.0 Å². The van der Waals surface area contributed by atoms with E-state index in [2.05, 4.69) is 16.0 Å². The topological polar surface area (TPSA) is 56.6 Å². The van der Waals surface area contributed by atoms with Gasteiger partial charge < -0.3 is 14.0 Å². The number of pyridine rings is 2. The van der Waals surface area contributed by atoms with Gasteiger partial charge in [-0.15, -0.1) is 0 Å². The highest BCUT2D eigenvalue weighted by Crippen LogP contribution is 2.33. The van der Waals surface area contributed by atoms with Gasteiger partial charge in [0, 0.05) is 36.4 Å². The van der Waals surface area contributed by atoms with Crippen LogP contribution in [0.15, 0.2) is 65.6 Å². The van der Waals surface area contributed by atoms with Gasteiger partial charge in [-0.2, -0.15) is 0 Å². The molecule has 3 heterocycles. The smallest absolute Gasteiger partial charge is 0.255 e. The molecule has 0 spiro atoms. The van der Waals surface area contributed by atoms with Gasteiger partial charge in [0.1, 0.15) is 0 Å². The highest BCUT2D eigenvalue weighted by molar-refractivity contribution is 6.31. The molecule has 34 heavy (non-hydrogen) atoms. The summed E-state index contributed by atoms with van der Waals surface area (Å²) in [6.45, 7) is 2.56. The molecule has 0 unspecified atom stereocenters. The van der Waals surface area contributed by atoms with Gasteiger partial charge in [0.25, 0.3) is 5.56 Å². The number of benzene rings is 2. The Kier molecular flexibility index (Phi) is 6.26. The molecule has 2 aromatic heterocycles. The van der Waals surface area contributed by atoms with E-state index in [0.29, 0.717) is 18.1 Å². The number of rotatable bonds is 6. The second-order valence-electron chi connectivity index (χ2n) is 8.52. The van der Waals surface area contributed by atoms with Crippen LogP contribution in [-0.4, -0.2) is 35.2 Å². The largest absolute Gasteiger partial charge is 0.493 e. The van der Waals surface area contributed by atoms with Crippen LogP contribution in [0.4, 0.5) is 0 Å². The average molecular weight is 476 g/mol. The van der Waals surface area contributed by atoms with Crippen molar-refractivity contribution in [3.8, 4) is 11.5 Å². The van der Waals surface area contributed by atoms with Crippen LogP contribution < -0.4 is 15.0 Å². The Bertz CT molecular complexity index is 1400. The van der Waals surface area contributed by atoms with Crippen LogP contribution in [0.25, 0.3) is 10.9 Å². The summed E-state index contributed by atoms with van der Waals surface area (Å²) in [5.74, 6) is 1.48. The SMILES string of the molecule is COc1cc2c(cc1OC)CN(Cc1cc3ccc(Cl)cc3n(Cc3ccccn3)c1=O)CC2. The number of nitrogens with zero attached hydrogens (tertiary/aromatic N) is 3. The number of methoxy groups -OCH3 is 2. The number of ether oxygens (including phenoxy) is 2. The molecular formula is C27H26ClN3O3. The number of hydrogen-bond donors (Lipinski definition) is 0. The van der Waals surface area contributed by atoms with Crippen molar-refractivity contribution < 1.29 is 9.47 Å². The first kappa shape index (κ1) is 22.4. The molecule has 0 radical (unpaired) electrons. The number of hydrogen-bond acceptors (Lipinski definition) is 5. The first-order valence-electron chi connectivity index (χ1n) is 11.2. The Morgan fingerprint density at radius 3 is 2.50 bits per heavy atom. The summed E-state index contributed by atoms with van der Waals surface area (Å²) in [4.78, 5) is 20.4. The molecule has 0 amide bonds. The number of halogens is 1. The fraction of sp³-hybridized carbons (Fsp3) is 0.259. The zero-order valence-corrected chi connectivity index (χ0v) is 20.0. The van der Waals surface area contributed by atoms with E-state index in [1.54, 1.807) is 25.0 Å². The third-order valence-corrected chi connectivity index (χ3v) is 6.61. The number of aromatic nitrogens is 2. The van der Waals surface area contributed by atoms with Gasteiger partial charge in [-0.1, -0.05) is 23.7 Å². The standard InChI is InChI=1S/C27H26ClN3O3/c1-33-25-12-18-8-10-30(15-20(18)13-26(25)34-2)16-21-11-19-6-7-22(28)14-24(19)31(27(21)32)17-23-5-3-4-9-29-23/h3-7,9,11-14H,8,10,15-17H2,1-2H3. The van der Waals surface area contributed by atoms with Crippen molar-refractivity contribution in [2.75, 3.05) is 20.8 Å². The van der Waals surface area contributed by atoms with Crippen molar-refractivity contribution in [1.82, 2.24) is 14.5 Å². The molecule has 0 N–H and O–H groups in total. The molecular weight excluding hydrogens is 450 g/mol. The van der Waals surface area contributed by atoms with Crippen LogP contribution >= 0.6 is 11.6 Å². The van der Waals surface area contributed by atoms with E-state index >= 15 is 0 Å². The van der Waals surface area contributed by atoms with Crippen molar-refractivity contribution in [2.24, 2.45) is 0 Å². The van der Waals surface area contributed by atoms with Crippen molar-refractivity contribution in [3.05, 3.63) is 98.6 Å². The quantitative estimate of drug-likeness (QED) is 0.405. The van der Waals surface area contributed by atoms with E-state index in [9.17, 15) is 4.79 Å². The molecule has 2 aromatic carbocycles. The van der Waals surface area contributed by atoms with Crippen molar-refractivity contribution in [2.45, 2.75) is 26.1 Å². The average Bonchev–Trinajstić information content (AvgIpc) is 2.86. The van der Waals surface area contributed by atoms with E-state index in [-0.39, 0.29) is 5.56 Å². The lowest BCUT2D eigenvalue weighted by Crippen LogP contribution is -2.34. The minimum atomic E-state index is -0.0153. The normalized spacial score (nSPS) is 13.6. The summed E-state index contributed by atoms with van der Waals surface area (Å²) in [6.07, 6.45) is 2.63. The first-order chi connectivity index (χ1) is 16.6. The number of fused-ring (bicyclic) bond motifs is 2. The van der Waals surface area contributed by atoms with Crippen molar-refractivity contribution >= 4 is 22.5 Å². The molecule has 174 valence electrons. The molecule has 0 aliphatic carbocycles. The van der Waals surface area contributed by atoms with E-state index in [1.807, 2.05) is 48.5 Å². The molecule has 5 rings (SSSR count). The third kappa shape index (κ3) is 4.39. The van der Waals surface area contributed by atoms with Crippen LogP contribution in [0.3, 0.4) is 0 Å². The first-order valence-corrected chi connectivity index (χ1v) is 11.6. The summed E-state index contributed by atoms with van der Waals surface area (Å²) in [7, 11) is 3.30.